The van der Waals surface area contributed by atoms with E-state index in [1.165, 1.54) is 5.56 Å². The molecule has 7 nitrogen and oxygen atoms in total. The lowest BCUT2D eigenvalue weighted by Crippen LogP contribution is -2.25. The second kappa shape index (κ2) is 9.67. The van der Waals surface area contributed by atoms with Crippen molar-refractivity contribution in [1.82, 2.24) is 9.66 Å². The predicted octanol–water partition coefficient (Wildman–Crippen LogP) is 5.05. The summed E-state index contributed by atoms with van der Waals surface area (Å²) in [4.78, 5) is 20.8. The van der Waals surface area contributed by atoms with E-state index in [-0.39, 0.29) is 12.5 Å². The van der Waals surface area contributed by atoms with E-state index < -0.39 is 0 Å². The van der Waals surface area contributed by atoms with Gasteiger partial charge in [0.2, 0.25) is 4.80 Å². The fourth-order valence-electron chi connectivity index (χ4n) is 4.21. The van der Waals surface area contributed by atoms with Crippen molar-refractivity contribution < 1.29 is 9.53 Å². The zero-order valence-electron chi connectivity index (χ0n) is 19.3. The molecule has 1 aliphatic heterocycles. The second-order valence-corrected chi connectivity index (χ2v) is 9.25. The summed E-state index contributed by atoms with van der Waals surface area (Å²) >= 11 is 1.54. The van der Waals surface area contributed by atoms with Gasteiger partial charge in [-0.2, -0.15) is 5.10 Å². The van der Waals surface area contributed by atoms with Gasteiger partial charge in [-0.1, -0.05) is 48.5 Å². The van der Waals surface area contributed by atoms with Gasteiger partial charge >= 0.3 is 0 Å². The van der Waals surface area contributed by atoms with Crippen molar-refractivity contribution in [3.8, 4) is 17.0 Å². The molecule has 178 valence electrons. The molecule has 2 aromatic heterocycles. The molecule has 0 spiro atoms. The molecule has 36 heavy (non-hydrogen) atoms. The molecule has 3 heterocycles. The standard InChI is InChI=1S/C28H23N5O2S/c34-27-17-35-26-11-10-20(14-24(26)32-27)25-18-36-28(29-13-12-19-6-2-1-3-7-19)33(25)31-16-21-15-30-23-9-5-4-8-22(21)23/h1-11,14-16,18,30H,12-13,17H2,(H,32,34). The van der Waals surface area contributed by atoms with Crippen LogP contribution in [0.3, 0.4) is 0 Å². The Balaban J connectivity index is 1.39. The molecule has 0 fully saturated rings. The number of amides is 1. The molecule has 0 radical (unpaired) electrons. The van der Waals surface area contributed by atoms with E-state index in [4.69, 9.17) is 14.8 Å². The summed E-state index contributed by atoms with van der Waals surface area (Å²) in [5.74, 6) is 0.502. The number of aromatic nitrogens is 2. The van der Waals surface area contributed by atoms with Gasteiger partial charge in [-0.3, -0.25) is 9.79 Å². The minimum absolute atomic E-state index is 0.0319. The normalized spacial score (nSPS) is 13.7. The van der Waals surface area contributed by atoms with Crippen LogP contribution in [0.2, 0.25) is 0 Å². The Kier molecular flexibility index (Phi) is 5.93. The number of anilines is 1. The van der Waals surface area contributed by atoms with Gasteiger partial charge in [-0.25, -0.2) is 4.68 Å². The maximum atomic E-state index is 11.8. The summed E-state index contributed by atoms with van der Waals surface area (Å²) in [7, 11) is 0. The number of para-hydroxylation sites is 1. The number of ether oxygens (including phenoxy) is 1. The predicted molar refractivity (Wildman–Crippen MR) is 144 cm³/mol. The van der Waals surface area contributed by atoms with Gasteiger partial charge in [-0.15, -0.1) is 11.3 Å². The highest BCUT2D eigenvalue weighted by atomic mass is 32.1. The number of H-pyrrole nitrogens is 1. The molecule has 6 rings (SSSR count). The van der Waals surface area contributed by atoms with E-state index in [2.05, 4.69) is 28.5 Å². The first-order valence-electron chi connectivity index (χ1n) is 11.7. The van der Waals surface area contributed by atoms with Gasteiger partial charge < -0.3 is 15.0 Å². The van der Waals surface area contributed by atoms with Gasteiger partial charge in [0.05, 0.1) is 17.6 Å². The van der Waals surface area contributed by atoms with Crippen LogP contribution in [-0.2, 0) is 11.2 Å². The molecule has 0 atom stereocenters. The number of rotatable bonds is 6. The molecule has 0 bridgehead atoms. The molecular formula is C28H23N5O2S. The van der Waals surface area contributed by atoms with Gasteiger partial charge in [0.15, 0.2) is 6.61 Å². The highest BCUT2D eigenvalue weighted by molar-refractivity contribution is 7.07. The number of benzene rings is 3. The third kappa shape index (κ3) is 4.46. The zero-order valence-corrected chi connectivity index (χ0v) is 20.2. The smallest absolute Gasteiger partial charge is 0.262 e. The Morgan fingerprint density at radius 3 is 2.83 bits per heavy atom. The molecule has 0 aliphatic carbocycles. The van der Waals surface area contributed by atoms with E-state index >= 15 is 0 Å². The van der Waals surface area contributed by atoms with Crippen LogP contribution in [0, 0.1) is 0 Å². The molecule has 0 saturated heterocycles. The third-order valence-electron chi connectivity index (χ3n) is 6.02. The van der Waals surface area contributed by atoms with Crippen LogP contribution in [0.15, 0.2) is 94.5 Å². The molecule has 2 N–H and O–H groups in total. The zero-order chi connectivity index (χ0) is 24.3. The summed E-state index contributed by atoms with van der Waals surface area (Å²) in [5, 5.41) is 10.9. The number of thiazole rings is 1. The lowest BCUT2D eigenvalue weighted by molar-refractivity contribution is -0.118. The van der Waals surface area contributed by atoms with Crippen molar-refractivity contribution >= 4 is 40.0 Å². The van der Waals surface area contributed by atoms with Crippen LogP contribution < -0.4 is 14.9 Å². The Hall–Kier alpha value is -4.43. The Morgan fingerprint density at radius 2 is 1.92 bits per heavy atom. The largest absolute Gasteiger partial charge is 0.482 e. The van der Waals surface area contributed by atoms with E-state index in [1.54, 1.807) is 11.3 Å². The van der Waals surface area contributed by atoms with Crippen LogP contribution in [0.4, 0.5) is 5.69 Å². The van der Waals surface area contributed by atoms with Crippen LogP contribution in [0.25, 0.3) is 22.2 Å². The molecule has 1 amide bonds. The van der Waals surface area contributed by atoms with E-state index in [9.17, 15) is 4.79 Å². The maximum absolute atomic E-state index is 11.8. The number of carbonyl (C=O) groups excluding carboxylic acids is 1. The summed E-state index contributed by atoms with van der Waals surface area (Å²) < 4.78 is 7.39. The number of fused-ring (bicyclic) bond motifs is 2. The highest BCUT2D eigenvalue weighted by Gasteiger charge is 2.18. The van der Waals surface area contributed by atoms with Crippen LogP contribution in [0.1, 0.15) is 11.1 Å². The lowest BCUT2D eigenvalue weighted by atomic mass is 10.1. The van der Waals surface area contributed by atoms with Crippen LogP contribution in [0.5, 0.6) is 5.75 Å². The van der Waals surface area contributed by atoms with Crippen molar-refractivity contribution in [2.45, 2.75) is 6.42 Å². The van der Waals surface area contributed by atoms with E-state index in [0.717, 1.165) is 38.9 Å². The third-order valence-corrected chi connectivity index (χ3v) is 6.87. The Morgan fingerprint density at radius 1 is 1.06 bits per heavy atom. The number of aromatic amines is 1. The topological polar surface area (TPSA) is 83.8 Å². The van der Waals surface area contributed by atoms with Gasteiger partial charge in [0.1, 0.15) is 5.75 Å². The number of nitrogens with zero attached hydrogens (tertiary/aromatic N) is 3. The van der Waals surface area contributed by atoms with E-state index in [0.29, 0.717) is 18.0 Å². The molecule has 0 unspecified atom stereocenters. The minimum Gasteiger partial charge on any atom is -0.482 e. The van der Waals surface area contributed by atoms with Gasteiger partial charge in [-0.05, 0) is 36.2 Å². The fourth-order valence-corrected chi connectivity index (χ4v) is 5.07. The highest BCUT2D eigenvalue weighted by Crippen LogP contribution is 2.33. The van der Waals surface area contributed by atoms with Crippen molar-refractivity contribution in [2.24, 2.45) is 10.1 Å². The summed E-state index contributed by atoms with van der Waals surface area (Å²) in [6.07, 6.45) is 4.66. The Bertz CT molecular complexity index is 1650. The fraction of sp³-hybridized carbons (Fsp3) is 0.107. The minimum atomic E-state index is -0.160. The first-order valence-corrected chi connectivity index (χ1v) is 12.5. The van der Waals surface area contributed by atoms with Crippen molar-refractivity contribution in [3.05, 3.63) is 100 Å². The molecule has 1 aliphatic rings. The first-order chi connectivity index (χ1) is 17.7. The number of carbonyl (C=O) groups is 1. The molecule has 8 heteroatoms. The number of hydrogen-bond acceptors (Lipinski definition) is 5. The summed E-state index contributed by atoms with van der Waals surface area (Å²) in [6.45, 7) is 0.685. The SMILES string of the molecule is O=C1COc2ccc(-c3csc(=NCCc4ccccc4)n3N=Cc3c[nH]c4ccccc34)cc2N1. The average Bonchev–Trinajstić information content (AvgIpc) is 3.51. The van der Waals surface area contributed by atoms with Crippen LogP contribution in [-0.4, -0.2) is 34.9 Å². The molecular weight excluding hydrogens is 470 g/mol. The number of hydrogen-bond donors (Lipinski definition) is 2. The summed E-state index contributed by atoms with van der Waals surface area (Å²) in [6, 6.07) is 24.2. The van der Waals surface area contributed by atoms with Gasteiger partial charge in [0, 0.05) is 40.2 Å². The van der Waals surface area contributed by atoms with Crippen LogP contribution >= 0.6 is 11.3 Å². The van der Waals surface area contributed by atoms with E-state index in [1.807, 2.05) is 77.1 Å². The van der Waals surface area contributed by atoms with Crippen molar-refractivity contribution in [3.63, 3.8) is 0 Å². The lowest BCUT2D eigenvalue weighted by Gasteiger charge is -2.18. The second-order valence-electron chi connectivity index (χ2n) is 8.41. The molecule has 5 aromatic rings. The van der Waals surface area contributed by atoms with Crippen molar-refractivity contribution in [1.29, 1.82) is 0 Å². The average molecular weight is 494 g/mol. The monoisotopic (exact) mass is 493 g/mol. The summed E-state index contributed by atoms with van der Waals surface area (Å²) in [5.41, 5.74) is 5.76. The first kappa shape index (κ1) is 22.1. The van der Waals surface area contributed by atoms with Gasteiger partial charge in [0.25, 0.3) is 5.91 Å². The maximum Gasteiger partial charge on any atom is 0.262 e. The van der Waals surface area contributed by atoms with Crippen molar-refractivity contribution in [2.75, 3.05) is 18.5 Å². The molecule has 0 saturated carbocycles. The molecule has 3 aromatic carbocycles. The quantitative estimate of drug-likeness (QED) is 0.324. The Labute approximate surface area is 211 Å². The number of nitrogens with one attached hydrogen (secondary N) is 2.